The molecule has 2 aliphatic carbocycles. The molecule has 1 aliphatic heterocycles. The van der Waals surface area contributed by atoms with Gasteiger partial charge in [-0.25, -0.2) is 0 Å². The minimum atomic E-state index is -0.496. The Balaban J connectivity index is 1.68. The van der Waals surface area contributed by atoms with E-state index < -0.39 is 5.41 Å². The highest BCUT2D eigenvalue weighted by molar-refractivity contribution is 6.20. The van der Waals surface area contributed by atoms with Crippen LogP contribution in [0.1, 0.15) is 72.6 Å². The number of rotatable bonds is 9. The molecule has 7 heteroatoms. The van der Waals surface area contributed by atoms with Gasteiger partial charge in [0, 0.05) is 55.1 Å². The summed E-state index contributed by atoms with van der Waals surface area (Å²) in [5.41, 5.74) is -0.496. The molecule has 0 aromatic rings. The number of carbonyl (C=O) groups excluding carboxylic acids is 2. The number of piperidine rings is 1. The zero-order valence-electron chi connectivity index (χ0n) is 23.3. The molecular weight excluding hydrogens is 460 g/mol. The standard InChI is InChI=1S/C28H51ClN4O2/c1-8-33(24-11-9-23(10-12-24)31(5)6)26-14-22(29)15-28(18-34,21(26)4)17-30-16-25-19(2)13-20(3)32(7)27(25)35/h18-26,30H,8-17H2,1-7H3/t19?,20?,21?,22?,23-,24-,25?,26?,28?. The van der Waals surface area contributed by atoms with Gasteiger partial charge in [0.15, 0.2) is 0 Å². The van der Waals surface area contributed by atoms with Crippen molar-refractivity contribution in [2.24, 2.45) is 23.2 Å². The Labute approximate surface area is 219 Å². The van der Waals surface area contributed by atoms with Crippen LogP contribution in [0.25, 0.3) is 0 Å². The molecule has 3 fully saturated rings. The highest BCUT2D eigenvalue weighted by Gasteiger charge is 2.49. The Bertz CT molecular complexity index is 713. The maximum atomic E-state index is 12.9. The predicted molar refractivity (Wildman–Crippen MR) is 145 cm³/mol. The minimum absolute atomic E-state index is 0.00224. The maximum Gasteiger partial charge on any atom is 0.227 e. The third-order valence-corrected chi connectivity index (χ3v) is 10.4. The van der Waals surface area contributed by atoms with Crippen LogP contribution in [0.4, 0.5) is 0 Å². The van der Waals surface area contributed by atoms with Crippen molar-refractivity contribution in [1.29, 1.82) is 0 Å². The second kappa shape index (κ2) is 12.2. The zero-order valence-corrected chi connectivity index (χ0v) is 24.1. The van der Waals surface area contributed by atoms with E-state index in [0.717, 1.165) is 19.4 Å². The number of nitrogens with zero attached hydrogens (tertiary/aromatic N) is 3. The lowest BCUT2D eigenvalue weighted by Gasteiger charge is -2.52. The maximum absolute atomic E-state index is 12.9. The van der Waals surface area contributed by atoms with Crippen molar-refractivity contribution in [2.45, 2.75) is 102 Å². The van der Waals surface area contributed by atoms with Crippen LogP contribution in [0.3, 0.4) is 0 Å². The van der Waals surface area contributed by atoms with Crippen molar-refractivity contribution in [3.63, 3.8) is 0 Å². The van der Waals surface area contributed by atoms with E-state index in [0.29, 0.717) is 49.6 Å². The number of halogens is 1. The topological polar surface area (TPSA) is 55.9 Å². The minimum Gasteiger partial charge on any atom is -0.343 e. The number of hydrogen-bond donors (Lipinski definition) is 1. The summed E-state index contributed by atoms with van der Waals surface area (Å²) in [4.78, 5) is 32.5. The normalized spacial score (nSPS) is 41.0. The number of nitrogens with one attached hydrogen (secondary N) is 1. The third kappa shape index (κ3) is 6.25. The van der Waals surface area contributed by atoms with Crippen molar-refractivity contribution < 1.29 is 9.59 Å². The Morgan fingerprint density at radius 1 is 1.11 bits per heavy atom. The van der Waals surface area contributed by atoms with Crippen LogP contribution < -0.4 is 5.32 Å². The van der Waals surface area contributed by atoms with Gasteiger partial charge in [-0.2, -0.15) is 0 Å². The SMILES string of the molecule is CCN(C1CC(Cl)CC(C=O)(CNCC2C(=O)N(C)C(C)CC2C)C1C)[C@H]1CC[C@H](N(C)C)CC1. The van der Waals surface area contributed by atoms with Crippen LogP contribution in [0.15, 0.2) is 0 Å². The number of carbonyl (C=O) groups is 2. The van der Waals surface area contributed by atoms with Gasteiger partial charge in [0.05, 0.1) is 5.92 Å². The van der Waals surface area contributed by atoms with Gasteiger partial charge in [-0.15, -0.1) is 11.6 Å². The summed E-state index contributed by atoms with van der Waals surface area (Å²) < 4.78 is 0. The molecule has 35 heavy (non-hydrogen) atoms. The molecule has 3 aliphatic rings. The number of likely N-dealkylation sites (tertiary alicyclic amines) is 1. The monoisotopic (exact) mass is 510 g/mol. The van der Waals surface area contributed by atoms with Crippen molar-refractivity contribution in [3.8, 4) is 0 Å². The summed E-state index contributed by atoms with van der Waals surface area (Å²) >= 11 is 6.87. The molecule has 0 spiro atoms. The van der Waals surface area contributed by atoms with E-state index in [1.54, 1.807) is 0 Å². The molecule has 0 radical (unpaired) electrons. The second-order valence-electron chi connectivity index (χ2n) is 12.2. The molecule has 1 heterocycles. The van der Waals surface area contributed by atoms with Crippen molar-refractivity contribution in [2.75, 3.05) is 40.8 Å². The fourth-order valence-corrected chi connectivity index (χ4v) is 7.85. The Hall–Kier alpha value is -0.690. The first-order valence-corrected chi connectivity index (χ1v) is 14.5. The average Bonchev–Trinajstić information content (AvgIpc) is 2.83. The van der Waals surface area contributed by atoms with Gasteiger partial charge in [0.25, 0.3) is 0 Å². The molecule has 3 rings (SSSR count). The van der Waals surface area contributed by atoms with Gasteiger partial charge in [-0.3, -0.25) is 9.69 Å². The predicted octanol–water partition coefficient (Wildman–Crippen LogP) is 3.86. The Morgan fingerprint density at radius 2 is 1.74 bits per heavy atom. The van der Waals surface area contributed by atoms with Gasteiger partial charge >= 0.3 is 0 Å². The van der Waals surface area contributed by atoms with Crippen LogP contribution >= 0.6 is 11.6 Å². The molecule has 1 N–H and O–H groups in total. The molecule has 0 aromatic heterocycles. The Kier molecular flexibility index (Phi) is 10.1. The summed E-state index contributed by atoms with van der Waals surface area (Å²) in [7, 11) is 6.29. The lowest BCUT2D eigenvalue weighted by atomic mass is 9.64. The first-order chi connectivity index (χ1) is 16.5. The lowest BCUT2D eigenvalue weighted by Crippen LogP contribution is -2.59. The van der Waals surface area contributed by atoms with Gasteiger partial charge in [0.1, 0.15) is 6.29 Å². The molecule has 2 saturated carbocycles. The molecule has 1 amide bonds. The van der Waals surface area contributed by atoms with Gasteiger partial charge < -0.3 is 19.9 Å². The summed E-state index contributed by atoms with van der Waals surface area (Å²) in [6.07, 6.45) is 8.76. The van der Waals surface area contributed by atoms with E-state index in [1.807, 2.05) is 11.9 Å². The fourth-order valence-electron chi connectivity index (χ4n) is 7.39. The fraction of sp³-hybridized carbons (Fsp3) is 0.929. The number of hydrogen-bond acceptors (Lipinski definition) is 5. The van der Waals surface area contributed by atoms with E-state index in [4.69, 9.17) is 11.6 Å². The molecule has 7 atom stereocenters. The number of amides is 1. The van der Waals surface area contributed by atoms with E-state index >= 15 is 0 Å². The molecule has 0 bridgehead atoms. The van der Waals surface area contributed by atoms with E-state index in [2.05, 4.69) is 56.9 Å². The highest BCUT2D eigenvalue weighted by Crippen LogP contribution is 2.45. The van der Waals surface area contributed by atoms with Gasteiger partial charge in [-0.05, 0) is 84.3 Å². The van der Waals surface area contributed by atoms with Gasteiger partial charge in [-0.1, -0.05) is 20.8 Å². The quantitative estimate of drug-likeness (QED) is 0.377. The smallest absolute Gasteiger partial charge is 0.227 e. The summed E-state index contributed by atoms with van der Waals surface area (Å²) in [6, 6.07) is 1.85. The van der Waals surface area contributed by atoms with E-state index in [-0.39, 0.29) is 23.1 Å². The van der Waals surface area contributed by atoms with Crippen LogP contribution in [0.2, 0.25) is 0 Å². The Morgan fingerprint density at radius 3 is 2.31 bits per heavy atom. The molecule has 7 unspecified atom stereocenters. The van der Waals surface area contributed by atoms with Crippen molar-refractivity contribution in [3.05, 3.63) is 0 Å². The first kappa shape index (κ1) is 28.9. The largest absolute Gasteiger partial charge is 0.343 e. The second-order valence-corrected chi connectivity index (χ2v) is 12.9. The number of aldehydes is 1. The van der Waals surface area contributed by atoms with E-state index in [9.17, 15) is 9.59 Å². The molecule has 1 saturated heterocycles. The van der Waals surface area contributed by atoms with E-state index in [1.165, 1.54) is 32.0 Å². The summed E-state index contributed by atoms with van der Waals surface area (Å²) in [5.74, 6) is 0.759. The summed E-state index contributed by atoms with van der Waals surface area (Å²) in [5, 5.41) is 3.58. The lowest BCUT2D eigenvalue weighted by molar-refractivity contribution is -0.142. The highest BCUT2D eigenvalue weighted by atomic mass is 35.5. The van der Waals surface area contributed by atoms with Gasteiger partial charge in [0.2, 0.25) is 5.91 Å². The van der Waals surface area contributed by atoms with Crippen LogP contribution in [0.5, 0.6) is 0 Å². The molecule has 6 nitrogen and oxygen atoms in total. The van der Waals surface area contributed by atoms with Crippen LogP contribution in [0, 0.1) is 23.2 Å². The number of alkyl halides is 1. The first-order valence-electron chi connectivity index (χ1n) is 14.0. The molecule has 0 aromatic carbocycles. The zero-order chi connectivity index (χ0) is 25.9. The van der Waals surface area contributed by atoms with Crippen LogP contribution in [-0.2, 0) is 9.59 Å². The molecule has 202 valence electrons. The van der Waals surface area contributed by atoms with Crippen molar-refractivity contribution in [1.82, 2.24) is 20.0 Å². The average molecular weight is 511 g/mol. The van der Waals surface area contributed by atoms with Crippen molar-refractivity contribution >= 4 is 23.8 Å². The van der Waals surface area contributed by atoms with Crippen LogP contribution in [-0.4, -0.2) is 97.2 Å². The third-order valence-electron chi connectivity index (χ3n) is 10.0. The summed E-state index contributed by atoms with van der Waals surface area (Å²) in [6.45, 7) is 11.0. The molecular formula is C28H51ClN4O2.